The number of piperidine rings is 1. The molecule has 2 aromatic heterocycles. The van der Waals surface area contributed by atoms with Crippen LogP contribution in [0.2, 0.25) is 0 Å². The number of pyridine rings is 1. The third-order valence-electron chi connectivity index (χ3n) is 10.3. The third kappa shape index (κ3) is 6.06. The molecular weight excluding hydrogens is 586 g/mol. The minimum atomic E-state index is -0.355. The monoisotopic (exact) mass is 631 g/mol. The molecule has 1 atom stereocenters. The van der Waals surface area contributed by atoms with E-state index in [0.29, 0.717) is 48.1 Å². The van der Waals surface area contributed by atoms with Gasteiger partial charge in [-0.05, 0) is 86.3 Å². The summed E-state index contributed by atoms with van der Waals surface area (Å²) in [7, 11) is 0. The zero-order valence-corrected chi connectivity index (χ0v) is 28.0. The zero-order valence-electron chi connectivity index (χ0n) is 28.0. The molecule has 1 amide bonds. The summed E-state index contributed by atoms with van der Waals surface area (Å²) in [6.07, 6.45) is 6.46. The van der Waals surface area contributed by atoms with Crippen molar-refractivity contribution in [1.82, 2.24) is 19.7 Å². The zero-order chi connectivity index (χ0) is 32.7. The Hall–Kier alpha value is -4.46. The van der Waals surface area contributed by atoms with Crippen molar-refractivity contribution in [3.8, 4) is 17.1 Å². The highest BCUT2D eigenvalue weighted by atomic mass is 16.5. The largest absolute Gasteiger partial charge is 0.462 e. The van der Waals surface area contributed by atoms with E-state index in [4.69, 9.17) is 9.72 Å². The second-order valence-corrected chi connectivity index (χ2v) is 13.5. The Labute approximate surface area is 277 Å². The van der Waals surface area contributed by atoms with Crippen molar-refractivity contribution in [3.63, 3.8) is 0 Å². The Morgan fingerprint density at radius 3 is 2.49 bits per heavy atom. The highest BCUT2D eigenvalue weighted by Crippen LogP contribution is 2.44. The molecule has 1 saturated heterocycles. The average Bonchev–Trinajstić information content (AvgIpc) is 3.78. The van der Waals surface area contributed by atoms with Gasteiger partial charge in [-0.3, -0.25) is 4.79 Å². The molecule has 2 aromatic carbocycles. The fourth-order valence-corrected chi connectivity index (χ4v) is 7.54. The summed E-state index contributed by atoms with van der Waals surface area (Å²) in [4.78, 5) is 34.8. The predicted octanol–water partition coefficient (Wildman–Crippen LogP) is 7.22. The normalized spacial score (nSPS) is 18.0. The number of hydrogen-bond acceptors (Lipinski definition) is 6. The van der Waals surface area contributed by atoms with Gasteiger partial charge >= 0.3 is 5.97 Å². The molecule has 0 bridgehead atoms. The van der Waals surface area contributed by atoms with Gasteiger partial charge in [-0.15, -0.1) is 0 Å². The summed E-state index contributed by atoms with van der Waals surface area (Å²) in [6.45, 7) is 12.2. The Balaban J connectivity index is 1.13. The van der Waals surface area contributed by atoms with E-state index in [2.05, 4.69) is 71.2 Å². The van der Waals surface area contributed by atoms with E-state index in [1.165, 1.54) is 27.9 Å². The van der Waals surface area contributed by atoms with Crippen LogP contribution in [0.3, 0.4) is 0 Å². The maximum atomic E-state index is 12.6. The van der Waals surface area contributed by atoms with Crippen molar-refractivity contribution in [2.24, 2.45) is 5.92 Å². The van der Waals surface area contributed by atoms with E-state index >= 15 is 0 Å². The van der Waals surface area contributed by atoms with Gasteiger partial charge in [0.05, 0.1) is 29.9 Å². The first-order chi connectivity index (χ1) is 22.9. The molecule has 2 aliphatic heterocycles. The number of aromatic nitrogens is 3. The molecule has 8 heteroatoms. The summed E-state index contributed by atoms with van der Waals surface area (Å²) in [5.74, 6) is 1.93. The number of para-hydroxylation sites is 1. The minimum absolute atomic E-state index is 0.308. The lowest BCUT2D eigenvalue weighted by atomic mass is 9.87. The first-order valence-electron chi connectivity index (χ1n) is 17.3. The van der Waals surface area contributed by atoms with E-state index in [-0.39, 0.29) is 5.97 Å². The van der Waals surface area contributed by atoms with Gasteiger partial charge in [-0.1, -0.05) is 56.3 Å². The summed E-state index contributed by atoms with van der Waals surface area (Å²) < 4.78 is 7.03. The number of rotatable bonds is 9. The number of anilines is 1. The number of nitrogens with zero attached hydrogens (tertiary/aromatic N) is 5. The van der Waals surface area contributed by atoms with Crippen LogP contribution in [0.4, 0.5) is 5.69 Å². The van der Waals surface area contributed by atoms with Gasteiger partial charge in [0.15, 0.2) is 5.82 Å². The fourth-order valence-electron chi connectivity index (χ4n) is 7.54. The summed E-state index contributed by atoms with van der Waals surface area (Å²) in [5.41, 5.74) is 9.90. The molecule has 7 rings (SSSR count). The maximum absolute atomic E-state index is 12.6. The molecule has 2 fully saturated rings. The van der Waals surface area contributed by atoms with Crippen LogP contribution in [0.5, 0.6) is 0 Å². The summed E-state index contributed by atoms with van der Waals surface area (Å²) >= 11 is 0. The molecule has 0 spiro atoms. The average molecular weight is 632 g/mol. The number of esters is 1. The molecule has 244 valence electrons. The summed E-state index contributed by atoms with van der Waals surface area (Å²) in [5, 5.41) is 4.55. The minimum Gasteiger partial charge on any atom is -0.462 e. The molecule has 1 saturated carbocycles. The van der Waals surface area contributed by atoms with Gasteiger partial charge in [-0.2, -0.15) is 5.10 Å². The van der Waals surface area contributed by atoms with Crippen molar-refractivity contribution in [1.29, 1.82) is 0 Å². The van der Waals surface area contributed by atoms with Gasteiger partial charge in [0.25, 0.3) is 0 Å². The molecule has 1 unspecified atom stereocenters. The third-order valence-corrected chi connectivity index (χ3v) is 10.3. The number of carbonyl (C=O) groups excluding carboxylic acids is 2. The van der Waals surface area contributed by atoms with Crippen LogP contribution in [0.25, 0.3) is 17.1 Å². The lowest BCUT2D eigenvalue weighted by Gasteiger charge is -2.32. The molecule has 0 N–H and O–H groups in total. The predicted molar refractivity (Wildman–Crippen MR) is 184 cm³/mol. The molecule has 8 nitrogen and oxygen atoms in total. The van der Waals surface area contributed by atoms with Crippen LogP contribution in [0, 0.1) is 12.8 Å². The molecule has 3 aliphatic rings. The highest BCUT2D eigenvalue weighted by molar-refractivity contribution is 5.90. The number of hydrogen-bond donors (Lipinski definition) is 0. The van der Waals surface area contributed by atoms with Crippen LogP contribution in [0.1, 0.15) is 96.6 Å². The SMILES string of the molecule is CCOC(=O)c1cnn(-c2cccc(-c3cccc4c3N(Cc3ccc(C5CCN(C(=O)C6CC6)CC5)cc3C)CC4C)n2)c1CC. The van der Waals surface area contributed by atoms with Gasteiger partial charge in [0.1, 0.15) is 5.56 Å². The molecule has 1 aliphatic carbocycles. The Morgan fingerprint density at radius 1 is 0.979 bits per heavy atom. The van der Waals surface area contributed by atoms with E-state index < -0.39 is 0 Å². The second kappa shape index (κ2) is 13.0. The molecule has 0 radical (unpaired) electrons. The van der Waals surface area contributed by atoms with Gasteiger partial charge in [0.2, 0.25) is 5.91 Å². The van der Waals surface area contributed by atoms with E-state index in [0.717, 1.165) is 68.8 Å². The van der Waals surface area contributed by atoms with Gasteiger partial charge in [-0.25, -0.2) is 14.5 Å². The number of benzene rings is 2. The molecule has 4 heterocycles. The number of carbonyl (C=O) groups is 2. The van der Waals surface area contributed by atoms with E-state index in [1.54, 1.807) is 10.9 Å². The van der Waals surface area contributed by atoms with Crippen LogP contribution in [-0.4, -0.2) is 57.8 Å². The number of fused-ring (bicyclic) bond motifs is 1. The quantitative estimate of drug-likeness (QED) is 0.182. The Kier molecular flexibility index (Phi) is 8.60. The molecule has 47 heavy (non-hydrogen) atoms. The Morgan fingerprint density at radius 2 is 1.77 bits per heavy atom. The van der Waals surface area contributed by atoms with Crippen LogP contribution >= 0.6 is 0 Å². The van der Waals surface area contributed by atoms with E-state index in [1.807, 2.05) is 26.0 Å². The number of likely N-dealkylation sites (tertiary alicyclic amines) is 1. The van der Waals surface area contributed by atoms with Gasteiger partial charge < -0.3 is 14.5 Å². The van der Waals surface area contributed by atoms with Crippen molar-refractivity contribution in [3.05, 3.63) is 94.3 Å². The van der Waals surface area contributed by atoms with E-state index in [9.17, 15) is 9.59 Å². The molecular formula is C39H45N5O3. The standard InChI is InChI=1S/C39H45N5O3/c1-5-35-33(39(46)47-6-2)22-40-44(35)36-12-8-11-34(41-36)32-10-7-9-31-26(4)23-43(37(31)32)24-30-16-15-29(21-25(30)3)27-17-19-42(20-18-27)38(45)28-13-14-28/h7-12,15-16,21-22,26-28H,5-6,13-14,17-20,23-24H2,1-4H3. The number of ether oxygens (including phenoxy) is 1. The topological polar surface area (TPSA) is 80.6 Å². The number of aryl methyl sites for hydroxylation is 1. The van der Waals surface area contributed by atoms with Crippen LogP contribution < -0.4 is 4.90 Å². The van der Waals surface area contributed by atoms with Gasteiger partial charge in [0, 0.05) is 43.6 Å². The molecule has 4 aromatic rings. The first kappa shape index (κ1) is 31.2. The van der Waals surface area contributed by atoms with Crippen molar-refractivity contribution in [2.45, 2.75) is 78.2 Å². The number of amides is 1. The maximum Gasteiger partial charge on any atom is 0.341 e. The second-order valence-electron chi connectivity index (χ2n) is 13.5. The first-order valence-corrected chi connectivity index (χ1v) is 17.3. The highest BCUT2D eigenvalue weighted by Gasteiger charge is 2.35. The van der Waals surface area contributed by atoms with Crippen molar-refractivity contribution >= 4 is 17.6 Å². The smallest absolute Gasteiger partial charge is 0.341 e. The fraction of sp³-hybridized carbons (Fsp3) is 0.436. The van der Waals surface area contributed by atoms with Crippen molar-refractivity contribution in [2.75, 3.05) is 31.1 Å². The lowest BCUT2D eigenvalue weighted by Crippen LogP contribution is -2.38. The van der Waals surface area contributed by atoms with Crippen LogP contribution in [0.15, 0.2) is 60.8 Å². The lowest BCUT2D eigenvalue weighted by molar-refractivity contribution is -0.133. The van der Waals surface area contributed by atoms with Crippen LogP contribution in [-0.2, 0) is 22.5 Å². The summed E-state index contributed by atoms with van der Waals surface area (Å²) in [6, 6.07) is 19.6. The van der Waals surface area contributed by atoms with Crippen molar-refractivity contribution < 1.29 is 14.3 Å². The Bertz CT molecular complexity index is 1800.